The Morgan fingerprint density at radius 3 is 1.88 bits per heavy atom. The number of nitrogens with two attached hydrogens (primary N) is 2. The Kier molecular flexibility index (Phi) is 5.79. The lowest BCUT2D eigenvalue weighted by molar-refractivity contribution is -0.131. The Labute approximate surface area is 92.7 Å². The number of primary amides is 2. The molecular formula is C9H15N3O4. The first kappa shape index (κ1) is 14.1. The molecule has 0 aromatic carbocycles. The first-order chi connectivity index (χ1) is 7.31. The summed E-state index contributed by atoms with van der Waals surface area (Å²) in [4.78, 5) is 33.1. The van der Waals surface area contributed by atoms with E-state index in [0.29, 0.717) is 5.57 Å². The van der Waals surface area contributed by atoms with Crippen molar-refractivity contribution in [3.63, 3.8) is 0 Å². The number of rotatable bonds is 7. The Morgan fingerprint density at radius 2 is 1.56 bits per heavy atom. The molecule has 0 aromatic heterocycles. The largest absolute Gasteiger partial charge is 0.478 e. The van der Waals surface area contributed by atoms with E-state index in [4.69, 9.17) is 16.6 Å². The van der Waals surface area contributed by atoms with E-state index >= 15 is 0 Å². The van der Waals surface area contributed by atoms with E-state index < -0.39 is 17.8 Å². The first-order valence-electron chi connectivity index (χ1n) is 4.50. The van der Waals surface area contributed by atoms with Crippen LogP contribution in [0.4, 0.5) is 0 Å². The van der Waals surface area contributed by atoms with Crippen LogP contribution in [0.2, 0.25) is 0 Å². The van der Waals surface area contributed by atoms with Crippen LogP contribution in [-0.2, 0) is 14.4 Å². The van der Waals surface area contributed by atoms with Crippen molar-refractivity contribution in [1.29, 1.82) is 0 Å². The average molecular weight is 229 g/mol. The van der Waals surface area contributed by atoms with Gasteiger partial charge in [-0.2, -0.15) is 0 Å². The Balaban J connectivity index is 4.46. The van der Waals surface area contributed by atoms with Crippen LogP contribution in [0.5, 0.6) is 0 Å². The lowest BCUT2D eigenvalue weighted by Gasteiger charge is -2.18. The van der Waals surface area contributed by atoms with Gasteiger partial charge in [-0.05, 0) is 6.92 Å². The van der Waals surface area contributed by atoms with Crippen molar-refractivity contribution in [2.75, 3.05) is 19.6 Å². The van der Waals surface area contributed by atoms with Crippen LogP contribution in [0.25, 0.3) is 0 Å². The number of aliphatic carboxylic acids is 1. The Bertz CT molecular complexity index is 309. The normalized spacial score (nSPS) is 11.5. The first-order valence-corrected chi connectivity index (χ1v) is 4.50. The van der Waals surface area contributed by atoms with Crippen molar-refractivity contribution >= 4 is 17.8 Å². The maximum absolute atomic E-state index is 10.7. The number of carbonyl (C=O) groups is 3. The standard InChI is InChI=1S/C9H15N3O4/c1-6(2-9(15)16)3-12(4-7(10)13)5-8(11)14/h2H,3-5H2,1H3,(H2,10,13)(H2,11,14)(H,15,16). The number of carboxylic acids is 1. The molecular weight excluding hydrogens is 214 g/mol. The molecule has 16 heavy (non-hydrogen) atoms. The second-order valence-corrected chi connectivity index (χ2v) is 3.41. The summed E-state index contributed by atoms with van der Waals surface area (Å²) in [5.74, 6) is -2.30. The van der Waals surface area contributed by atoms with Crippen molar-refractivity contribution in [3.8, 4) is 0 Å². The number of hydrogen-bond acceptors (Lipinski definition) is 4. The Morgan fingerprint density at radius 1 is 1.12 bits per heavy atom. The van der Waals surface area contributed by atoms with Crippen molar-refractivity contribution in [2.45, 2.75) is 6.92 Å². The third-order valence-electron chi connectivity index (χ3n) is 1.60. The molecule has 0 rings (SSSR count). The topological polar surface area (TPSA) is 127 Å². The van der Waals surface area contributed by atoms with Crippen LogP contribution < -0.4 is 11.5 Å². The fraction of sp³-hybridized carbons (Fsp3) is 0.444. The maximum Gasteiger partial charge on any atom is 0.328 e. The molecule has 0 unspecified atom stereocenters. The van der Waals surface area contributed by atoms with Crippen molar-refractivity contribution < 1.29 is 19.5 Å². The molecule has 0 atom stereocenters. The minimum Gasteiger partial charge on any atom is -0.478 e. The van der Waals surface area contributed by atoms with Crippen LogP contribution in [0, 0.1) is 0 Å². The van der Waals surface area contributed by atoms with Gasteiger partial charge >= 0.3 is 5.97 Å². The molecule has 0 heterocycles. The minimum atomic E-state index is -1.09. The third kappa shape index (κ3) is 7.51. The predicted molar refractivity (Wildman–Crippen MR) is 56.2 cm³/mol. The quantitative estimate of drug-likeness (QED) is 0.448. The fourth-order valence-electron chi connectivity index (χ4n) is 1.22. The maximum atomic E-state index is 10.7. The van der Waals surface area contributed by atoms with Gasteiger partial charge in [-0.3, -0.25) is 14.5 Å². The zero-order valence-electron chi connectivity index (χ0n) is 8.97. The van der Waals surface area contributed by atoms with Gasteiger partial charge in [0, 0.05) is 12.6 Å². The lowest BCUT2D eigenvalue weighted by Crippen LogP contribution is -2.40. The van der Waals surface area contributed by atoms with E-state index in [1.807, 2.05) is 0 Å². The van der Waals surface area contributed by atoms with E-state index in [9.17, 15) is 14.4 Å². The van der Waals surface area contributed by atoms with E-state index in [0.717, 1.165) is 6.08 Å². The van der Waals surface area contributed by atoms with Crippen LogP contribution in [0.15, 0.2) is 11.6 Å². The van der Waals surface area contributed by atoms with Gasteiger partial charge in [-0.15, -0.1) is 0 Å². The van der Waals surface area contributed by atoms with Crippen LogP contribution >= 0.6 is 0 Å². The van der Waals surface area contributed by atoms with Gasteiger partial charge in [0.2, 0.25) is 11.8 Å². The van der Waals surface area contributed by atoms with Gasteiger partial charge in [0.25, 0.3) is 0 Å². The SMILES string of the molecule is CC(=CC(=O)O)CN(CC(N)=O)CC(N)=O. The number of carbonyl (C=O) groups excluding carboxylic acids is 2. The van der Waals surface area contributed by atoms with Crippen LogP contribution in [0.3, 0.4) is 0 Å². The molecule has 2 amide bonds. The summed E-state index contributed by atoms with van der Waals surface area (Å²) < 4.78 is 0. The van der Waals surface area contributed by atoms with Crippen molar-refractivity contribution in [1.82, 2.24) is 4.90 Å². The fourth-order valence-corrected chi connectivity index (χ4v) is 1.22. The number of hydrogen-bond donors (Lipinski definition) is 3. The summed E-state index contributed by atoms with van der Waals surface area (Å²) in [7, 11) is 0. The summed E-state index contributed by atoms with van der Waals surface area (Å²) in [5.41, 5.74) is 10.5. The van der Waals surface area contributed by atoms with Crippen LogP contribution in [0.1, 0.15) is 6.92 Å². The molecule has 0 saturated carbocycles. The summed E-state index contributed by atoms with van der Waals surface area (Å²) >= 11 is 0. The Hall–Kier alpha value is -1.89. The average Bonchev–Trinajstić information content (AvgIpc) is 1.97. The zero-order valence-corrected chi connectivity index (χ0v) is 8.97. The highest BCUT2D eigenvalue weighted by molar-refractivity contribution is 5.81. The molecule has 7 nitrogen and oxygen atoms in total. The number of amides is 2. The van der Waals surface area contributed by atoms with Crippen molar-refractivity contribution in [2.24, 2.45) is 11.5 Å². The predicted octanol–water partition coefficient (Wildman–Crippen LogP) is -1.71. The molecule has 0 aromatic rings. The number of nitrogens with zero attached hydrogens (tertiary/aromatic N) is 1. The molecule has 0 bridgehead atoms. The van der Waals surface area contributed by atoms with Gasteiger partial charge in [0.05, 0.1) is 13.1 Å². The third-order valence-corrected chi connectivity index (χ3v) is 1.60. The molecule has 7 heteroatoms. The molecule has 0 aliphatic rings. The highest BCUT2D eigenvalue weighted by Crippen LogP contribution is 1.98. The smallest absolute Gasteiger partial charge is 0.328 e. The van der Waals surface area contributed by atoms with E-state index in [1.54, 1.807) is 6.92 Å². The lowest BCUT2D eigenvalue weighted by atomic mass is 10.2. The van der Waals surface area contributed by atoms with E-state index in [2.05, 4.69) is 0 Å². The molecule has 0 aliphatic heterocycles. The van der Waals surface area contributed by atoms with Gasteiger partial charge < -0.3 is 16.6 Å². The second kappa shape index (κ2) is 6.57. The van der Waals surface area contributed by atoms with Gasteiger partial charge in [0.1, 0.15) is 0 Å². The molecule has 90 valence electrons. The molecule has 0 aliphatic carbocycles. The van der Waals surface area contributed by atoms with Crippen LogP contribution in [-0.4, -0.2) is 47.4 Å². The summed E-state index contributed by atoms with van der Waals surface area (Å²) in [6, 6.07) is 0. The molecule has 0 saturated heterocycles. The highest BCUT2D eigenvalue weighted by atomic mass is 16.4. The molecule has 0 spiro atoms. The molecule has 0 radical (unpaired) electrons. The van der Waals surface area contributed by atoms with Gasteiger partial charge in [-0.25, -0.2) is 4.79 Å². The second-order valence-electron chi connectivity index (χ2n) is 3.41. The summed E-state index contributed by atoms with van der Waals surface area (Å²) in [5, 5.41) is 8.48. The zero-order chi connectivity index (χ0) is 12.7. The number of carboxylic acid groups (broad SMARTS) is 1. The van der Waals surface area contributed by atoms with Gasteiger partial charge in [-0.1, -0.05) is 5.57 Å². The van der Waals surface area contributed by atoms with E-state index in [1.165, 1.54) is 4.90 Å². The highest BCUT2D eigenvalue weighted by Gasteiger charge is 2.11. The van der Waals surface area contributed by atoms with E-state index in [-0.39, 0.29) is 19.6 Å². The van der Waals surface area contributed by atoms with Crippen molar-refractivity contribution in [3.05, 3.63) is 11.6 Å². The molecule has 0 fully saturated rings. The molecule has 5 N–H and O–H groups in total. The van der Waals surface area contributed by atoms with Gasteiger partial charge in [0.15, 0.2) is 0 Å². The minimum absolute atomic E-state index is 0.145. The monoisotopic (exact) mass is 229 g/mol. The summed E-state index contributed by atoms with van der Waals surface area (Å²) in [6.07, 6.45) is 0.995. The summed E-state index contributed by atoms with van der Waals surface area (Å²) in [6.45, 7) is 1.43.